The van der Waals surface area contributed by atoms with Crippen molar-refractivity contribution in [3.63, 3.8) is 0 Å². The standard InChI is InChI=1S/C9H13ClN4/c1-5(6-2-3-6)13-8-7(11)4-12-9(10)14-8/h4-6H,2-3,11H2,1H3,(H,12,13,14)/t5-/m0/s1. The summed E-state index contributed by atoms with van der Waals surface area (Å²) in [6.07, 6.45) is 4.09. The van der Waals surface area contributed by atoms with Gasteiger partial charge in [0, 0.05) is 6.04 Å². The van der Waals surface area contributed by atoms with Crippen LogP contribution in [0.15, 0.2) is 6.20 Å². The van der Waals surface area contributed by atoms with Gasteiger partial charge in [-0.1, -0.05) is 0 Å². The molecule has 1 aliphatic rings. The highest BCUT2D eigenvalue weighted by Crippen LogP contribution is 2.34. The molecule has 1 heterocycles. The van der Waals surface area contributed by atoms with Crippen molar-refractivity contribution in [3.8, 4) is 0 Å². The predicted molar refractivity (Wildman–Crippen MR) is 57.3 cm³/mol. The van der Waals surface area contributed by atoms with E-state index in [1.807, 2.05) is 0 Å². The minimum absolute atomic E-state index is 0.227. The van der Waals surface area contributed by atoms with E-state index < -0.39 is 0 Å². The second-order valence-corrected chi connectivity index (χ2v) is 4.05. The highest BCUT2D eigenvalue weighted by Gasteiger charge is 2.28. The Labute approximate surface area is 87.9 Å². The van der Waals surface area contributed by atoms with Crippen molar-refractivity contribution in [2.45, 2.75) is 25.8 Å². The van der Waals surface area contributed by atoms with Gasteiger partial charge in [0.15, 0.2) is 5.82 Å². The van der Waals surface area contributed by atoms with Crippen molar-refractivity contribution in [1.82, 2.24) is 9.97 Å². The van der Waals surface area contributed by atoms with Crippen LogP contribution in [0.2, 0.25) is 5.28 Å². The van der Waals surface area contributed by atoms with E-state index >= 15 is 0 Å². The Morgan fingerprint density at radius 1 is 1.64 bits per heavy atom. The average Bonchev–Trinajstić information content (AvgIpc) is 2.94. The molecule has 1 atom stereocenters. The minimum Gasteiger partial charge on any atom is -0.394 e. The molecule has 1 aromatic rings. The summed E-state index contributed by atoms with van der Waals surface area (Å²) in [4.78, 5) is 7.84. The van der Waals surface area contributed by atoms with Gasteiger partial charge in [-0.25, -0.2) is 4.98 Å². The Hall–Kier alpha value is -1.03. The maximum Gasteiger partial charge on any atom is 0.224 e. The minimum atomic E-state index is 0.227. The van der Waals surface area contributed by atoms with Gasteiger partial charge in [-0.2, -0.15) is 4.98 Å². The van der Waals surface area contributed by atoms with Crippen LogP contribution in [0.3, 0.4) is 0 Å². The number of rotatable bonds is 3. The molecular weight excluding hydrogens is 200 g/mol. The smallest absolute Gasteiger partial charge is 0.224 e. The first-order chi connectivity index (χ1) is 6.66. The van der Waals surface area contributed by atoms with Gasteiger partial charge < -0.3 is 11.1 Å². The fourth-order valence-corrected chi connectivity index (χ4v) is 1.55. The van der Waals surface area contributed by atoms with Gasteiger partial charge in [-0.05, 0) is 37.3 Å². The van der Waals surface area contributed by atoms with Crippen LogP contribution in [0.1, 0.15) is 19.8 Å². The first-order valence-electron chi connectivity index (χ1n) is 4.71. The SMILES string of the molecule is C[C@H](Nc1nc(Cl)ncc1N)C1CC1. The summed E-state index contributed by atoms with van der Waals surface area (Å²) in [7, 11) is 0. The lowest BCUT2D eigenvalue weighted by atomic mass is 10.2. The van der Waals surface area contributed by atoms with Gasteiger partial charge in [-0.3, -0.25) is 0 Å². The molecule has 1 fully saturated rings. The lowest BCUT2D eigenvalue weighted by Crippen LogP contribution is -2.19. The van der Waals surface area contributed by atoms with Crippen molar-refractivity contribution in [2.75, 3.05) is 11.1 Å². The molecule has 3 N–H and O–H groups in total. The number of halogens is 1. The van der Waals surface area contributed by atoms with E-state index in [1.165, 1.54) is 19.0 Å². The van der Waals surface area contributed by atoms with E-state index in [1.54, 1.807) is 0 Å². The number of hydrogen-bond donors (Lipinski definition) is 2. The predicted octanol–water partition coefficient (Wildman–Crippen LogP) is 1.92. The van der Waals surface area contributed by atoms with Gasteiger partial charge in [0.1, 0.15) is 0 Å². The highest BCUT2D eigenvalue weighted by molar-refractivity contribution is 6.28. The van der Waals surface area contributed by atoms with E-state index in [2.05, 4.69) is 22.2 Å². The summed E-state index contributed by atoms with van der Waals surface area (Å²) >= 11 is 5.68. The van der Waals surface area contributed by atoms with Crippen molar-refractivity contribution in [3.05, 3.63) is 11.5 Å². The first-order valence-corrected chi connectivity index (χ1v) is 5.09. The third-order valence-electron chi connectivity index (χ3n) is 2.48. The van der Waals surface area contributed by atoms with Crippen molar-refractivity contribution < 1.29 is 0 Å². The largest absolute Gasteiger partial charge is 0.394 e. The summed E-state index contributed by atoms with van der Waals surface area (Å²) in [5.74, 6) is 1.40. The molecule has 0 aromatic carbocycles. The number of anilines is 2. The van der Waals surface area contributed by atoms with Crippen LogP contribution in [0, 0.1) is 5.92 Å². The molecule has 0 radical (unpaired) electrons. The fraction of sp³-hybridized carbons (Fsp3) is 0.556. The third kappa shape index (κ3) is 2.07. The van der Waals surface area contributed by atoms with Crippen molar-refractivity contribution in [1.29, 1.82) is 0 Å². The molecule has 1 aliphatic carbocycles. The molecule has 0 amide bonds. The molecule has 14 heavy (non-hydrogen) atoms. The summed E-state index contributed by atoms with van der Waals surface area (Å²) in [6.45, 7) is 2.13. The molecule has 0 bridgehead atoms. The highest BCUT2D eigenvalue weighted by atomic mass is 35.5. The molecule has 0 saturated heterocycles. The van der Waals surface area contributed by atoms with E-state index in [-0.39, 0.29) is 5.28 Å². The lowest BCUT2D eigenvalue weighted by Gasteiger charge is -2.14. The van der Waals surface area contributed by atoms with E-state index in [9.17, 15) is 0 Å². The zero-order chi connectivity index (χ0) is 10.1. The quantitative estimate of drug-likeness (QED) is 0.752. The van der Waals surface area contributed by atoms with Gasteiger partial charge in [-0.15, -0.1) is 0 Å². The second-order valence-electron chi connectivity index (χ2n) is 3.71. The summed E-state index contributed by atoms with van der Waals surface area (Å²) in [5.41, 5.74) is 6.26. The molecule has 0 unspecified atom stereocenters. The van der Waals surface area contributed by atoms with Gasteiger partial charge in [0.25, 0.3) is 0 Å². The van der Waals surface area contributed by atoms with E-state index in [0.717, 1.165) is 5.92 Å². The molecule has 4 nitrogen and oxygen atoms in total. The van der Waals surface area contributed by atoms with Gasteiger partial charge >= 0.3 is 0 Å². The molecule has 76 valence electrons. The first kappa shape index (κ1) is 9.52. The Balaban J connectivity index is 2.10. The van der Waals surface area contributed by atoms with Crippen LogP contribution in [0.4, 0.5) is 11.5 Å². The normalized spacial score (nSPS) is 17.9. The van der Waals surface area contributed by atoms with Crippen LogP contribution >= 0.6 is 11.6 Å². The number of nitrogens with one attached hydrogen (secondary N) is 1. The fourth-order valence-electron chi connectivity index (χ4n) is 1.41. The number of hydrogen-bond acceptors (Lipinski definition) is 4. The Kier molecular flexibility index (Phi) is 2.46. The third-order valence-corrected chi connectivity index (χ3v) is 2.66. The second kappa shape index (κ2) is 3.61. The van der Waals surface area contributed by atoms with Crippen molar-refractivity contribution >= 4 is 23.1 Å². The number of nitrogen functional groups attached to an aromatic ring is 1. The van der Waals surface area contributed by atoms with Crippen LogP contribution in [-0.4, -0.2) is 16.0 Å². The zero-order valence-electron chi connectivity index (χ0n) is 8.00. The number of aromatic nitrogens is 2. The molecule has 5 heteroatoms. The average molecular weight is 213 g/mol. The maximum atomic E-state index is 5.71. The van der Waals surface area contributed by atoms with E-state index in [0.29, 0.717) is 17.5 Å². The summed E-state index contributed by atoms with van der Waals surface area (Å²) < 4.78 is 0. The van der Waals surface area contributed by atoms with Crippen LogP contribution in [-0.2, 0) is 0 Å². The number of nitrogens with two attached hydrogens (primary N) is 1. The van der Waals surface area contributed by atoms with Crippen LogP contribution < -0.4 is 11.1 Å². The van der Waals surface area contributed by atoms with Crippen molar-refractivity contribution in [2.24, 2.45) is 5.92 Å². The number of nitrogens with zero attached hydrogens (tertiary/aromatic N) is 2. The summed E-state index contributed by atoms with van der Waals surface area (Å²) in [5, 5.41) is 3.48. The molecule has 1 saturated carbocycles. The van der Waals surface area contributed by atoms with Gasteiger partial charge in [0.05, 0.1) is 11.9 Å². The Morgan fingerprint density at radius 2 is 2.36 bits per heavy atom. The Morgan fingerprint density at radius 3 is 3.00 bits per heavy atom. The molecular formula is C9H13ClN4. The Bertz CT molecular complexity index is 338. The van der Waals surface area contributed by atoms with Crippen LogP contribution in [0.5, 0.6) is 0 Å². The molecule has 2 rings (SSSR count). The molecule has 1 aromatic heterocycles. The van der Waals surface area contributed by atoms with E-state index in [4.69, 9.17) is 17.3 Å². The summed E-state index contributed by atoms with van der Waals surface area (Å²) in [6, 6.07) is 0.406. The lowest BCUT2D eigenvalue weighted by molar-refractivity contribution is 0.690. The topological polar surface area (TPSA) is 63.8 Å². The van der Waals surface area contributed by atoms with Gasteiger partial charge in [0.2, 0.25) is 5.28 Å². The monoisotopic (exact) mass is 212 g/mol. The molecule has 0 aliphatic heterocycles. The molecule has 0 spiro atoms. The van der Waals surface area contributed by atoms with Crippen LogP contribution in [0.25, 0.3) is 0 Å². The maximum absolute atomic E-state index is 5.71. The zero-order valence-corrected chi connectivity index (χ0v) is 8.75.